The molecule has 0 unspecified atom stereocenters. The standard InChI is InChI=1S/C30H24N2OS/c1-2-6-22(7-3-1)20-33-28-12-13-30-26(16-28)15-27(17-29-18-31-21-34-29)32(30)19-23-10-11-24-8-4-5-9-25(24)14-23/h1-18H,19-21H2/b29-17+. The van der Waals surface area contributed by atoms with E-state index in [1.807, 2.05) is 24.4 Å². The van der Waals surface area contributed by atoms with Gasteiger partial charge in [0.15, 0.2) is 0 Å². The van der Waals surface area contributed by atoms with Crippen molar-refractivity contribution in [1.82, 2.24) is 4.57 Å². The molecule has 0 radical (unpaired) electrons. The molecule has 3 nitrogen and oxygen atoms in total. The Morgan fingerprint density at radius 1 is 0.794 bits per heavy atom. The van der Waals surface area contributed by atoms with Crippen molar-refractivity contribution in [1.29, 1.82) is 0 Å². The van der Waals surface area contributed by atoms with Crippen LogP contribution >= 0.6 is 11.8 Å². The number of fused-ring (bicyclic) bond motifs is 2. The van der Waals surface area contributed by atoms with Gasteiger partial charge in [0.05, 0.1) is 5.88 Å². The van der Waals surface area contributed by atoms with Crippen LogP contribution < -0.4 is 4.74 Å². The second-order valence-electron chi connectivity index (χ2n) is 8.46. The third-order valence-electron chi connectivity index (χ3n) is 6.12. The van der Waals surface area contributed by atoms with E-state index in [1.54, 1.807) is 11.8 Å². The normalized spacial score (nSPS) is 14.4. The van der Waals surface area contributed by atoms with E-state index in [2.05, 4.69) is 94.5 Å². The topological polar surface area (TPSA) is 26.5 Å². The van der Waals surface area contributed by atoms with E-state index in [4.69, 9.17) is 4.74 Å². The van der Waals surface area contributed by atoms with Gasteiger partial charge in [0, 0.05) is 34.3 Å². The fourth-order valence-electron chi connectivity index (χ4n) is 4.42. The summed E-state index contributed by atoms with van der Waals surface area (Å²) in [6.07, 6.45) is 4.21. The zero-order chi connectivity index (χ0) is 22.7. The zero-order valence-electron chi connectivity index (χ0n) is 18.7. The number of thioether (sulfide) groups is 1. The first-order chi connectivity index (χ1) is 16.8. The molecule has 5 aromatic rings. The first-order valence-electron chi connectivity index (χ1n) is 11.4. The van der Waals surface area contributed by atoms with Gasteiger partial charge in [-0.05, 0) is 58.3 Å². The molecule has 0 bridgehead atoms. The molecule has 6 rings (SSSR count). The summed E-state index contributed by atoms with van der Waals surface area (Å²) in [4.78, 5) is 5.57. The summed E-state index contributed by atoms with van der Waals surface area (Å²) >= 11 is 1.77. The van der Waals surface area contributed by atoms with E-state index in [-0.39, 0.29) is 0 Å². The van der Waals surface area contributed by atoms with Crippen molar-refractivity contribution >= 4 is 45.7 Å². The molecule has 0 N–H and O–H groups in total. The fourth-order valence-corrected chi connectivity index (χ4v) is 5.07. The number of aliphatic imine (C=N–C) groups is 1. The number of nitrogens with zero attached hydrogens (tertiary/aromatic N) is 2. The molecule has 0 aliphatic carbocycles. The molecule has 1 aromatic heterocycles. The molecule has 4 heteroatoms. The van der Waals surface area contributed by atoms with Crippen molar-refractivity contribution in [3.05, 3.63) is 119 Å². The van der Waals surface area contributed by atoms with E-state index >= 15 is 0 Å². The van der Waals surface area contributed by atoms with Crippen LogP contribution in [0.4, 0.5) is 0 Å². The van der Waals surface area contributed by atoms with E-state index in [1.165, 1.54) is 43.4 Å². The highest BCUT2D eigenvalue weighted by Gasteiger charge is 2.12. The number of ether oxygens (including phenoxy) is 1. The Balaban J connectivity index is 1.36. The third-order valence-corrected chi connectivity index (χ3v) is 6.96. The Morgan fingerprint density at radius 3 is 2.50 bits per heavy atom. The fraction of sp³-hybridized carbons (Fsp3) is 0.100. The SMILES string of the molecule is C1=NCS/C1=C/c1cc2cc(OCc3ccccc3)ccc2n1Cc1ccc2ccccc2c1. The van der Waals surface area contributed by atoms with Crippen LogP contribution in [0.25, 0.3) is 27.8 Å². The molecule has 2 heterocycles. The molecule has 1 aliphatic heterocycles. The zero-order valence-corrected chi connectivity index (χ0v) is 19.5. The molecule has 4 aromatic carbocycles. The highest BCUT2D eigenvalue weighted by atomic mass is 32.2. The van der Waals surface area contributed by atoms with Gasteiger partial charge in [0.25, 0.3) is 0 Å². The van der Waals surface area contributed by atoms with Crippen molar-refractivity contribution in [2.45, 2.75) is 13.2 Å². The smallest absolute Gasteiger partial charge is 0.120 e. The molecular formula is C30H24N2OS. The van der Waals surface area contributed by atoms with Crippen LogP contribution in [0.2, 0.25) is 0 Å². The summed E-state index contributed by atoms with van der Waals surface area (Å²) < 4.78 is 8.49. The lowest BCUT2D eigenvalue weighted by molar-refractivity contribution is 0.306. The lowest BCUT2D eigenvalue weighted by atomic mass is 10.1. The highest BCUT2D eigenvalue weighted by Crippen LogP contribution is 2.30. The van der Waals surface area contributed by atoms with Gasteiger partial charge in [-0.1, -0.05) is 66.7 Å². The first kappa shape index (κ1) is 20.8. The minimum atomic E-state index is 0.564. The number of benzene rings is 4. The van der Waals surface area contributed by atoms with Gasteiger partial charge in [-0.15, -0.1) is 11.8 Å². The Labute approximate surface area is 203 Å². The summed E-state index contributed by atoms with van der Waals surface area (Å²) in [5.74, 6) is 1.68. The lowest BCUT2D eigenvalue weighted by Gasteiger charge is -2.11. The number of allylic oxidation sites excluding steroid dienone is 1. The lowest BCUT2D eigenvalue weighted by Crippen LogP contribution is -2.02. The number of hydrogen-bond donors (Lipinski definition) is 0. The second kappa shape index (κ2) is 9.24. The third kappa shape index (κ3) is 4.37. The van der Waals surface area contributed by atoms with Gasteiger partial charge in [-0.2, -0.15) is 0 Å². The van der Waals surface area contributed by atoms with Crippen molar-refractivity contribution < 1.29 is 4.74 Å². The number of hydrogen-bond acceptors (Lipinski definition) is 3. The summed E-state index contributed by atoms with van der Waals surface area (Å²) in [7, 11) is 0. The predicted molar refractivity (Wildman–Crippen MR) is 145 cm³/mol. The number of aromatic nitrogens is 1. The molecule has 0 atom stereocenters. The van der Waals surface area contributed by atoms with Gasteiger partial charge in [0.1, 0.15) is 12.4 Å². The molecule has 166 valence electrons. The highest BCUT2D eigenvalue weighted by molar-refractivity contribution is 8.04. The van der Waals surface area contributed by atoms with E-state index in [9.17, 15) is 0 Å². The molecule has 0 amide bonds. The molecule has 0 saturated carbocycles. The Kier molecular flexibility index (Phi) is 5.66. The summed E-state index contributed by atoms with van der Waals surface area (Å²) in [5, 5.41) is 3.72. The van der Waals surface area contributed by atoms with Gasteiger partial charge >= 0.3 is 0 Å². The van der Waals surface area contributed by atoms with Crippen molar-refractivity contribution in [2.75, 3.05) is 5.88 Å². The van der Waals surface area contributed by atoms with Crippen molar-refractivity contribution in [2.24, 2.45) is 4.99 Å². The van der Waals surface area contributed by atoms with Crippen molar-refractivity contribution in [3.8, 4) is 5.75 Å². The molecular weight excluding hydrogens is 436 g/mol. The van der Waals surface area contributed by atoms with Gasteiger partial charge in [-0.25, -0.2) is 0 Å². The van der Waals surface area contributed by atoms with Crippen LogP contribution in [0.1, 0.15) is 16.8 Å². The molecule has 34 heavy (non-hydrogen) atoms. The van der Waals surface area contributed by atoms with Crippen LogP contribution in [0.3, 0.4) is 0 Å². The van der Waals surface area contributed by atoms with Crippen molar-refractivity contribution in [3.63, 3.8) is 0 Å². The van der Waals surface area contributed by atoms with Crippen LogP contribution in [-0.2, 0) is 13.2 Å². The quantitative estimate of drug-likeness (QED) is 0.262. The predicted octanol–water partition coefficient (Wildman–Crippen LogP) is 7.54. The first-order valence-corrected chi connectivity index (χ1v) is 12.4. The summed E-state index contributed by atoms with van der Waals surface area (Å²) in [6.45, 7) is 1.37. The summed E-state index contributed by atoms with van der Waals surface area (Å²) in [6, 6.07) is 34.2. The maximum Gasteiger partial charge on any atom is 0.120 e. The summed E-state index contributed by atoms with van der Waals surface area (Å²) in [5.41, 5.74) is 4.83. The second-order valence-corrected chi connectivity index (χ2v) is 9.48. The minimum absolute atomic E-state index is 0.564. The Bertz CT molecular complexity index is 1530. The van der Waals surface area contributed by atoms with Gasteiger partial charge < -0.3 is 9.30 Å². The number of rotatable bonds is 6. The van der Waals surface area contributed by atoms with Gasteiger partial charge in [0.2, 0.25) is 0 Å². The Morgan fingerprint density at radius 2 is 1.65 bits per heavy atom. The maximum absolute atomic E-state index is 6.10. The average molecular weight is 461 g/mol. The van der Waals surface area contributed by atoms with Crippen LogP contribution in [0, 0.1) is 0 Å². The van der Waals surface area contributed by atoms with E-state index in [0.29, 0.717) is 6.61 Å². The molecule has 0 saturated heterocycles. The average Bonchev–Trinajstić information content (AvgIpc) is 3.51. The maximum atomic E-state index is 6.10. The largest absolute Gasteiger partial charge is 0.489 e. The molecule has 0 fully saturated rings. The monoisotopic (exact) mass is 460 g/mol. The van der Waals surface area contributed by atoms with Crippen LogP contribution in [0.15, 0.2) is 107 Å². The van der Waals surface area contributed by atoms with E-state index < -0.39 is 0 Å². The van der Waals surface area contributed by atoms with Gasteiger partial charge in [-0.3, -0.25) is 4.99 Å². The Hall–Kier alpha value is -3.76. The van der Waals surface area contributed by atoms with E-state index in [0.717, 1.165) is 18.2 Å². The minimum Gasteiger partial charge on any atom is -0.489 e. The molecule has 1 aliphatic rings. The van der Waals surface area contributed by atoms with Crippen LogP contribution in [0.5, 0.6) is 5.75 Å². The molecule has 0 spiro atoms. The van der Waals surface area contributed by atoms with Crippen LogP contribution in [-0.4, -0.2) is 16.7 Å².